The molecule has 0 fully saturated rings. The van der Waals surface area contributed by atoms with Crippen LogP contribution in [0.25, 0.3) is 0 Å². The Morgan fingerprint density at radius 1 is 1.30 bits per heavy atom. The number of hydrogen-bond donors (Lipinski definition) is 1. The molecule has 0 radical (unpaired) electrons. The molecule has 0 unspecified atom stereocenters. The van der Waals surface area contributed by atoms with Gasteiger partial charge in [0.1, 0.15) is 5.15 Å². The monoisotopic (exact) mass is 412 g/mol. The van der Waals surface area contributed by atoms with E-state index in [4.69, 9.17) is 11.6 Å². The first-order chi connectivity index (χ1) is 12.6. The Kier molecular flexibility index (Phi) is 6.67. The second-order valence-corrected chi connectivity index (χ2v) is 9.38. The van der Waals surface area contributed by atoms with Crippen LogP contribution in [0.2, 0.25) is 5.15 Å². The van der Waals surface area contributed by atoms with Crippen LogP contribution in [-0.2, 0) is 23.1 Å². The first-order valence-electron chi connectivity index (χ1n) is 8.57. The van der Waals surface area contributed by atoms with Crippen molar-refractivity contribution in [1.82, 2.24) is 19.4 Å². The molecule has 1 N–H and O–H groups in total. The van der Waals surface area contributed by atoms with E-state index in [0.717, 1.165) is 4.31 Å². The normalized spacial score (nSPS) is 12.0. The number of carbonyl (C=O) groups excluding carboxylic acids is 1. The summed E-state index contributed by atoms with van der Waals surface area (Å²) < 4.78 is 27.7. The van der Waals surface area contributed by atoms with Crippen LogP contribution < -0.4 is 5.32 Å². The predicted octanol–water partition coefficient (Wildman–Crippen LogP) is 2.68. The molecule has 1 aromatic carbocycles. The van der Waals surface area contributed by atoms with Crippen LogP contribution >= 0.6 is 11.6 Å². The van der Waals surface area contributed by atoms with E-state index in [-0.39, 0.29) is 22.5 Å². The van der Waals surface area contributed by atoms with Crippen molar-refractivity contribution in [2.24, 2.45) is 5.92 Å². The smallest absolute Gasteiger partial charge is 0.256 e. The van der Waals surface area contributed by atoms with Crippen LogP contribution in [0.5, 0.6) is 0 Å². The standard InChI is InChI=1S/C18H25ClN4O3S/c1-12(2)11-23-17(19)16(13(3)21-23)18(24)20-10-14-8-6-7-9-15(14)27(25,26)22(4)5/h6-9,12H,10-11H2,1-5H3,(H,20,24). The summed E-state index contributed by atoms with van der Waals surface area (Å²) >= 11 is 6.33. The Hall–Kier alpha value is -1.90. The van der Waals surface area contributed by atoms with Crippen molar-refractivity contribution >= 4 is 27.5 Å². The molecule has 0 aliphatic carbocycles. The minimum atomic E-state index is -3.61. The molecule has 0 aliphatic heterocycles. The molecule has 27 heavy (non-hydrogen) atoms. The molecule has 1 amide bonds. The zero-order valence-electron chi connectivity index (χ0n) is 16.2. The number of carbonyl (C=O) groups is 1. The second kappa shape index (κ2) is 8.41. The SMILES string of the molecule is Cc1nn(CC(C)C)c(Cl)c1C(=O)NCc1ccccc1S(=O)(=O)N(C)C. The van der Waals surface area contributed by atoms with Crippen LogP contribution in [0, 0.1) is 12.8 Å². The van der Waals surface area contributed by atoms with Gasteiger partial charge in [-0.2, -0.15) is 5.10 Å². The Balaban J connectivity index is 2.24. The molecule has 7 nitrogen and oxygen atoms in total. The number of sulfonamides is 1. The lowest BCUT2D eigenvalue weighted by Crippen LogP contribution is -2.27. The fourth-order valence-electron chi connectivity index (χ4n) is 2.64. The quantitative estimate of drug-likeness (QED) is 0.757. The molecule has 0 bridgehead atoms. The topological polar surface area (TPSA) is 84.3 Å². The van der Waals surface area contributed by atoms with Gasteiger partial charge >= 0.3 is 0 Å². The van der Waals surface area contributed by atoms with Gasteiger partial charge in [0, 0.05) is 27.2 Å². The number of amides is 1. The number of hydrogen-bond acceptors (Lipinski definition) is 4. The highest BCUT2D eigenvalue weighted by Gasteiger charge is 2.23. The molecule has 0 atom stereocenters. The van der Waals surface area contributed by atoms with Crippen LogP contribution in [0.1, 0.15) is 35.5 Å². The number of aromatic nitrogens is 2. The predicted molar refractivity (Wildman–Crippen MR) is 105 cm³/mol. The molecular weight excluding hydrogens is 388 g/mol. The lowest BCUT2D eigenvalue weighted by atomic mass is 10.2. The molecule has 0 aliphatic rings. The Labute approximate surface area is 165 Å². The molecule has 2 rings (SSSR count). The number of nitrogens with zero attached hydrogens (tertiary/aromatic N) is 3. The van der Waals surface area contributed by atoms with E-state index in [1.54, 1.807) is 29.8 Å². The number of nitrogens with one attached hydrogen (secondary N) is 1. The van der Waals surface area contributed by atoms with Crippen molar-refractivity contribution in [2.75, 3.05) is 14.1 Å². The summed E-state index contributed by atoms with van der Waals surface area (Å²) in [5, 5.41) is 7.37. The summed E-state index contributed by atoms with van der Waals surface area (Å²) in [5.41, 5.74) is 1.35. The first kappa shape index (κ1) is 21.4. The van der Waals surface area contributed by atoms with Crippen molar-refractivity contribution in [1.29, 1.82) is 0 Å². The summed E-state index contributed by atoms with van der Waals surface area (Å²) in [6.07, 6.45) is 0. The van der Waals surface area contributed by atoms with E-state index in [9.17, 15) is 13.2 Å². The number of aryl methyl sites for hydroxylation is 1. The molecule has 2 aromatic rings. The van der Waals surface area contributed by atoms with E-state index >= 15 is 0 Å². The summed E-state index contributed by atoms with van der Waals surface area (Å²) in [4.78, 5) is 12.8. The molecule has 148 valence electrons. The van der Waals surface area contributed by atoms with Gasteiger partial charge in [0.05, 0.1) is 16.2 Å². The Bertz CT molecular complexity index is 936. The summed E-state index contributed by atoms with van der Waals surface area (Å²) in [5.74, 6) is -0.0506. The van der Waals surface area contributed by atoms with Crippen molar-refractivity contribution in [3.05, 3.63) is 46.2 Å². The van der Waals surface area contributed by atoms with Crippen LogP contribution in [0.4, 0.5) is 0 Å². The molecule has 9 heteroatoms. The lowest BCUT2D eigenvalue weighted by molar-refractivity contribution is 0.0950. The fraction of sp³-hybridized carbons (Fsp3) is 0.444. The molecule has 0 spiro atoms. The van der Waals surface area contributed by atoms with Crippen molar-refractivity contribution < 1.29 is 13.2 Å². The van der Waals surface area contributed by atoms with Crippen molar-refractivity contribution in [3.8, 4) is 0 Å². The number of halogens is 1. The third-order valence-electron chi connectivity index (χ3n) is 4.00. The summed E-state index contributed by atoms with van der Waals surface area (Å²) in [6.45, 7) is 6.47. The minimum Gasteiger partial charge on any atom is -0.348 e. The first-order valence-corrected chi connectivity index (χ1v) is 10.4. The number of rotatable bonds is 7. The van der Waals surface area contributed by atoms with Gasteiger partial charge < -0.3 is 5.32 Å². The largest absolute Gasteiger partial charge is 0.348 e. The highest BCUT2D eigenvalue weighted by Crippen LogP contribution is 2.22. The maximum absolute atomic E-state index is 12.6. The molecule has 0 saturated heterocycles. The highest BCUT2D eigenvalue weighted by molar-refractivity contribution is 7.89. The average molecular weight is 413 g/mol. The van der Waals surface area contributed by atoms with Gasteiger partial charge in [-0.15, -0.1) is 0 Å². The molecular formula is C18H25ClN4O3S. The van der Waals surface area contributed by atoms with E-state index in [1.165, 1.54) is 20.2 Å². The van der Waals surface area contributed by atoms with Crippen LogP contribution in [0.15, 0.2) is 29.2 Å². The minimum absolute atomic E-state index is 0.0627. The van der Waals surface area contributed by atoms with Gasteiger partial charge in [-0.25, -0.2) is 12.7 Å². The third-order valence-corrected chi connectivity index (χ3v) is 6.30. The van der Waals surface area contributed by atoms with Gasteiger partial charge in [-0.3, -0.25) is 9.48 Å². The van der Waals surface area contributed by atoms with E-state index in [2.05, 4.69) is 10.4 Å². The van der Waals surface area contributed by atoms with E-state index < -0.39 is 10.0 Å². The van der Waals surface area contributed by atoms with Crippen LogP contribution in [0.3, 0.4) is 0 Å². The summed E-state index contributed by atoms with van der Waals surface area (Å²) in [6, 6.07) is 6.58. The number of benzene rings is 1. The van der Waals surface area contributed by atoms with E-state index in [0.29, 0.717) is 29.3 Å². The third kappa shape index (κ3) is 4.69. The molecule has 1 aromatic heterocycles. The average Bonchev–Trinajstić information content (AvgIpc) is 2.85. The Morgan fingerprint density at radius 2 is 1.93 bits per heavy atom. The maximum atomic E-state index is 12.6. The highest BCUT2D eigenvalue weighted by atomic mass is 35.5. The van der Waals surface area contributed by atoms with Crippen LogP contribution in [-0.4, -0.2) is 42.5 Å². The van der Waals surface area contributed by atoms with Gasteiger partial charge in [0.25, 0.3) is 5.91 Å². The van der Waals surface area contributed by atoms with Gasteiger partial charge in [0.2, 0.25) is 10.0 Å². The Morgan fingerprint density at radius 3 is 2.52 bits per heavy atom. The molecule has 1 heterocycles. The second-order valence-electron chi connectivity index (χ2n) is 6.91. The fourth-order valence-corrected chi connectivity index (χ4v) is 4.09. The lowest BCUT2D eigenvalue weighted by Gasteiger charge is -2.15. The maximum Gasteiger partial charge on any atom is 0.256 e. The van der Waals surface area contributed by atoms with Crippen molar-refractivity contribution in [3.63, 3.8) is 0 Å². The van der Waals surface area contributed by atoms with Gasteiger partial charge in [-0.05, 0) is 24.5 Å². The van der Waals surface area contributed by atoms with Crippen molar-refractivity contribution in [2.45, 2.75) is 38.8 Å². The van der Waals surface area contributed by atoms with Gasteiger partial charge in [0.15, 0.2) is 0 Å². The summed E-state index contributed by atoms with van der Waals surface area (Å²) in [7, 11) is -0.668. The van der Waals surface area contributed by atoms with Gasteiger partial charge in [-0.1, -0.05) is 43.6 Å². The zero-order chi connectivity index (χ0) is 20.4. The van der Waals surface area contributed by atoms with E-state index in [1.807, 2.05) is 13.8 Å². The zero-order valence-corrected chi connectivity index (χ0v) is 17.7. The molecule has 0 saturated carbocycles.